The van der Waals surface area contributed by atoms with E-state index in [1.165, 1.54) is 0 Å². The fourth-order valence-corrected chi connectivity index (χ4v) is 3.75. The zero-order valence-corrected chi connectivity index (χ0v) is 19.1. The average molecular weight is 472 g/mol. The molecular formula is C27H25N3O5. The Morgan fingerprint density at radius 3 is 2.69 bits per heavy atom. The summed E-state index contributed by atoms with van der Waals surface area (Å²) < 4.78 is 21.7. The van der Waals surface area contributed by atoms with E-state index in [-0.39, 0.29) is 18.4 Å². The van der Waals surface area contributed by atoms with E-state index in [1.807, 2.05) is 48.5 Å². The van der Waals surface area contributed by atoms with Gasteiger partial charge in [-0.2, -0.15) is 0 Å². The molecule has 1 aliphatic heterocycles. The lowest BCUT2D eigenvalue weighted by Crippen LogP contribution is -2.23. The van der Waals surface area contributed by atoms with Gasteiger partial charge in [0.1, 0.15) is 5.76 Å². The second-order valence-corrected chi connectivity index (χ2v) is 8.11. The van der Waals surface area contributed by atoms with Gasteiger partial charge >= 0.3 is 0 Å². The molecule has 2 aromatic carbocycles. The van der Waals surface area contributed by atoms with Crippen molar-refractivity contribution in [3.05, 3.63) is 107 Å². The molecule has 0 fully saturated rings. The Hall–Kier alpha value is -4.30. The van der Waals surface area contributed by atoms with Crippen molar-refractivity contribution in [2.24, 2.45) is 0 Å². The molecular weight excluding hydrogens is 446 g/mol. The molecule has 0 atom stereocenters. The summed E-state index contributed by atoms with van der Waals surface area (Å²) in [6.07, 6.45) is 5.82. The number of aromatic nitrogens is 1. The molecule has 35 heavy (non-hydrogen) atoms. The maximum atomic E-state index is 12.6. The monoisotopic (exact) mass is 471 g/mol. The first-order valence-corrected chi connectivity index (χ1v) is 11.3. The molecule has 0 unspecified atom stereocenters. The van der Waals surface area contributed by atoms with E-state index in [0.29, 0.717) is 43.4 Å². The minimum Gasteiger partial charge on any atom is -0.468 e. The largest absolute Gasteiger partial charge is 0.468 e. The van der Waals surface area contributed by atoms with Crippen LogP contribution in [-0.2, 0) is 19.6 Å². The lowest BCUT2D eigenvalue weighted by atomic mass is 10.2. The van der Waals surface area contributed by atoms with Crippen LogP contribution in [0, 0.1) is 0 Å². The molecule has 8 heteroatoms. The summed E-state index contributed by atoms with van der Waals surface area (Å²) in [5.74, 6) is 2.52. The number of hydrogen-bond donors (Lipinski definition) is 1. The first-order chi connectivity index (χ1) is 17.2. The molecule has 1 aliphatic rings. The number of fused-ring (bicyclic) bond motifs is 1. The molecule has 0 aliphatic carbocycles. The molecule has 1 amide bonds. The van der Waals surface area contributed by atoms with Crippen LogP contribution in [0.3, 0.4) is 0 Å². The third-order valence-electron chi connectivity index (χ3n) is 5.49. The van der Waals surface area contributed by atoms with Gasteiger partial charge < -0.3 is 23.7 Å². The minimum absolute atomic E-state index is 0.214. The predicted octanol–water partition coefficient (Wildman–Crippen LogP) is 4.64. The summed E-state index contributed by atoms with van der Waals surface area (Å²) in [5.41, 5.74) is 2.27. The summed E-state index contributed by atoms with van der Waals surface area (Å²) in [4.78, 5) is 14.8. The zero-order valence-electron chi connectivity index (χ0n) is 19.1. The van der Waals surface area contributed by atoms with Crippen molar-refractivity contribution in [3.8, 4) is 11.5 Å². The van der Waals surface area contributed by atoms with Crippen molar-refractivity contribution >= 4 is 12.0 Å². The van der Waals surface area contributed by atoms with Gasteiger partial charge in [0.2, 0.25) is 6.79 Å². The summed E-state index contributed by atoms with van der Waals surface area (Å²) >= 11 is 0. The maximum absolute atomic E-state index is 12.6. The number of carbonyl (C=O) groups is 1. The summed E-state index contributed by atoms with van der Waals surface area (Å²) in [7, 11) is 0. The Bertz CT molecular complexity index is 1280. The Morgan fingerprint density at radius 1 is 0.971 bits per heavy atom. The van der Waals surface area contributed by atoms with Gasteiger partial charge in [-0.3, -0.25) is 9.69 Å². The van der Waals surface area contributed by atoms with Crippen molar-refractivity contribution in [2.75, 3.05) is 13.3 Å². The Kier molecular flexibility index (Phi) is 6.91. The van der Waals surface area contributed by atoms with Crippen molar-refractivity contribution in [3.63, 3.8) is 0 Å². The van der Waals surface area contributed by atoms with Gasteiger partial charge in [-0.05, 0) is 35.4 Å². The Balaban J connectivity index is 1.19. The summed E-state index contributed by atoms with van der Waals surface area (Å²) in [5, 5.41) is 6.83. The van der Waals surface area contributed by atoms with Crippen molar-refractivity contribution < 1.29 is 23.2 Å². The van der Waals surface area contributed by atoms with Crippen LogP contribution < -0.4 is 14.8 Å². The number of nitrogens with zero attached hydrogens (tertiary/aromatic N) is 2. The summed E-state index contributed by atoms with van der Waals surface area (Å²) in [6, 6.07) is 21.2. The van der Waals surface area contributed by atoms with Gasteiger partial charge in [-0.25, -0.2) is 0 Å². The Morgan fingerprint density at radius 2 is 1.83 bits per heavy atom. The van der Waals surface area contributed by atoms with Crippen LogP contribution in [0.4, 0.5) is 0 Å². The molecule has 5 rings (SSSR count). The number of amides is 1. The molecule has 2 aromatic heterocycles. The van der Waals surface area contributed by atoms with Gasteiger partial charge in [-0.1, -0.05) is 53.7 Å². The number of benzene rings is 2. The lowest BCUT2D eigenvalue weighted by molar-refractivity contribution is 0.0941. The molecule has 0 saturated carbocycles. The first kappa shape index (κ1) is 22.5. The smallest absolute Gasteiger partial charge is 0.273 e. The predicted molar refractivity (Wildman–Crippen MR) is 129 cm³/mol. The van der Waals surface area contributed by atoms with Gasteiger partial charge in [-0.15, -0.1) is 0 Å². The highest BCUT2D eigenvalue weighted by molar-refractivity contribution is 5.92. The molecule has 0 radical (unpaired) electrons. The first-order valence-electron chi connectivity index (χ1n) is 11.3. The summed E-state index contributed by atoms with van der Waals surface area (Å²) in [6.45, 7) is 2.29. The van der Waals surface area contributed by atoms with Crippen LogP contribution in [0.25, 0.3) is 6.08 Å². The van der Waals surface area contributed by atoms with E-state index in [9.17, 15) is 4.79 Å². The highest BCUT2D eigenvalue weighted by Crippen LogP contribution is 2.32. The third kappa shape index (κ3) is 5.99. The SMILES string of the molecule is O=C(NCc1ccc2c(c1)OCO2)c1cc(CN(CC=Cc2ccccc2)Cc2ccco2)on1. The number of hydrogen-bond acceptors (Lipinski definition) is 7. The van der Waals surface area contributed by atoms with Gasteiger partial charge in [0, 0.05) is 19.2 Å². The van der Waals surface area contributed by atoms with E-state index in [0.717, 1.165) is 16.9 Å². The lowest BCUT2D eigenvalue weighted by Gasteiger charge is -2.17. The second-order valence-electron chi connectivity index (χ2n) is 8.11. The molecule has 1 N–H and O–H groups in total. The van der Waals surface area contributed by atoms with E-state index < -0.39 is 0 Å². The quantitative estimate of drug-likeness (QED) is 0.360. The second kappa shape index (κ2) is 10.8. The topological polar surface area (TPSA) is 90.0 Å². The van der Waals surface area contributed by atoms with Crippen LogP contribution in [0.2, 0.25) is 0 Å². The van der Waals surface area contributed by atoms with Crippen LogP contribution >= 0.6 is 0 Å². The minimum atomic E-state index is -0.306. The van der Waals surface area contributed by atoms with Crippen molar-refractivity contribution in [2.45, 2.75) is 19.6 Å². The maximum Gasteiger partial charge on any atom is 0.273 e. The van der Waals surface area contributed by atoms with E-state index >= 15 is 0 Å². The molecule has 0 bridgehead atoms. The van der Waals surface area contributed by atoms with E-state index in [2.05, 4.69) is 39.7 Å². The van der Waals surface area contributed by atoms with Crippen LogP contribution in [0.1, 0.15) is 33.1 Å². The molecule has 0 spiro atoms. The number of nitrogens with one attached hydrogen (secondary N) is 1. The van der Waals surface area contributed by atoms with E-state index in [1.54, 1.807) is 12.3 Å². The standard InChI is InChI=1S/C27H25N3O5/c31-27(28-16-21-10-11-25-26(14-21)34-19-33-25)24-15-23(35-29-24)18-30(17-22-9-5-13-32-22)12-4-8-20-6-2-1-3-7-20/h1-11,13-15H,12,16-19H2,(H,28,31). The van der Waals surface area contributed by atoms with Crippen LogP contribution in [0.15, 0.2) is 88.0 Å². The highest BCUT2D eigenvalue weighted by atomic mass is 16.7. The Labute approximate surface area is 202 Å². The van der Waals surface area contributed by atoms with Crippen molar-refractivity contribution in [1.29, 1.82) is 0 Å². The normalized spacial score (nSPS) is 12.5. The van der Waals surface area contributed by atoms with Crippen LogP contribution in [0.5, 0.6) is 11.5 Å². The number of ether oxygens (including phenoxy) is 2. The number of furan rings is 1. The highest BCUT2D eigenvalue weighted by Gasteiger charge is 2.17. The van der Waals surface area contributed by atoms with Gasteiger partial charge in [0.15, 0.2) is 23.0 Å². The average Bonchev–Trinajstić information content (AvgIpc) is 3.65. The molecule has 3 heterocycles. The fraction of sp³-hybridized carbons (Fsp3) is 0.185. The molecule has 8 nitrogen and oxygen atoms in total. The van der Waals surface area contributed by atoms with Gasteiger partial charge in [0.05, 0.1) is 19.4 Å². The number of rotatable bonds is 10. The number of carbonyl (C=O) groups excluding carboxylic acids is 1. The van der Waals surface area contributed by atoms with E-state index in [4.69, 9.17) is 18.4 Å². The third-order valence-corrected chi connectivity index (χ3v) is 5.49. The van der Waals surface area contributed by atoms with Crippen LogP contribution in [-0.4, -0.2) is 29.3 Å². The zero-order chi connectivity index (χ0) is 23.9. The van der Waals surface area contributed by atoms with Crippen molar-refractivity contribution in [1.82, 2.24) is 15.4 Å². The fourth-order valence-electron chi connectivity index (χ4n) is 3.75. The molecule has 4 aromatic rings. The molecule has 0 saturated heterocycles. The van der Waals surface area contributed by atoms with Gasteiger partial charge in [0.25, 0.3) is 5.91 Å². The molecule has 178 valence electrons.